The first-order chi connectivity index (χ1) is 17.3. The van der Waals surface area contributed by atoms with Crippen LogP contribution >= 0.6 is 0 Å². The first kappa shape index (κ1) is 28.0. The Morgan fingerprint density at radius 3 is 2.41 bits per heavy atom. The number of nitrogen functional groups attached to an aromatic ring is 1. The summed E-state index contributed by atoms with van der Waals surface area (Å²) >= 11 is 0. The summed E-state index contributed by atoms with van der Waals surface area (Å²) in [6.45, 7) is 9.50. The van der Waals surface area contributed by atoms with E-state index in [4.69, 9.17) is 15.2 Å². The van der Waals surface area contributed by atoms with E-state index < -0.39 is 29.2 Å². The number of anilines is 1. The molecule has 1 aliphatic rings. The average Bonchev–Trinajstić information content (AvgIpc) is 2.81. The molecule has 3 rings (SSSR count). The molecular formula is C28H38N4O5. The third kappa shape index (κ3) is 8.21. The maximum absolute atomic E-state index is 13.6. The fraction of sp³-hybridized carbons (Fsp3) is 0.464. The van der Waals surface area contributed by atoms with Crippen molar-refractivity contribution < 1.29 is 23.9 Å². The molecule has 200 valence electrons. The van der Waals surface area contributed by atoms with E-state index in [0.29, 0.717) is 31.8 Å². The standard InChI is InChI=1S/C28H38N4O5/c1-27(2,3)37-26(35)31-28(4,5)25(34)30-23(18-36-17-19-9-7-6-8-10-19)24(33)32-14-13-20-11-12-22(29)15-21(20)16-32/h6-12,15,23H,13-14,16-18,29H2,1-5H3,(H,30,34)(H,31,35). The van der Waals surface area contributed by atoms with E-state index in [-0.39, 0.29) is 12.5 Å². The minimum atomic E-state index is -1.33. The molecule has 2 aromatic rings. The fourth-order valence-corrected chi connectivity index (χ4v) is 3.98. The van der Waals surface area contributed by atoms with Crippen molar-refractivity contribution in [2.75, 3.05) is 18.9 Å². The van der Waals surface area contributed by atoms with Gasteiger partial charge >= 0.3 is 6.09 Å². The van der Waals surface area contributed by atoms with Gasteiger partial charge in [0.15, 0.2) is 0 Å². The van der Waals surface area contributed by atoms with Gasteiger partial charge in [-0.1, -0.05) is 36.4 Å². The van der Waals surface area contributed by atoms with Gasteiger partial charge in [-0.15, -0.1) is 0 Å². The van der Waals surface area contributed by atoms with Crippen LogP contribution in [0.1, 0.15) is 51.3 Å². The van der Waals surface area contributed by atoms with Crippen LogP contribution < -0.4 is 16.4 Å². The highest BCUT2D eigenvalue weighted by Crippen LogP contribution is 2.22. The number of carbonyl (C=O) groups excluding carboxylic acids is 3. The molecule has 0 saturated heterocycles. The van der Waals surface area contributed by atoms with Crippen LogP contribution in [0.4, 0.5) is 10.5 Å². The van der Waals surface area contributed by atoms with Gasteiger partial charge in [-0.25, -0.2) is 4.79 Å². The van der Waals surface area contributed by atoms with Crippen molar-refractivity contribution in [3.63, 3.8) is 0 Å². The predicted molar refractivity (Wildman–Crippen MR) is 141 cm³/mol. The number of nitrogens with two attached hydrogens (primary N) is 1. The van der Waals surface area contributed by atoms with Gasteiger partial charge in [-0.2, -0.15) is 0 Å². The maximum Gasteiger partial charge on any atom is 0.408 e. The lowest BCUT2D eigenvalue weighted by Crippen LogP contribution is -2.60. The molecule has 1 heterocycles. The largest absolute Gasteiger partial charge is 0.444 e. The Bertz CT molecular complexity index is 1110. The van der Waals surface area contributed by atoms with Gasteiger partial charge < -0.3 is 30.7 Å². The predicted octanol–water partition coefficient (Wildman–Crippen LogP) is 3.16. The van der Waals surface area contributed by atoms with Crippen molar-refractivity contribution in [1.82, 2.24) is 15.5 Å². The smallest absolute Gasteiger partial charge is 0.408 e. The van der Waals surface area contributed by atoms with Crippen LogP contribution in [0.15, 0.2) is 48.5 Å². The van der Waals surface area contributed by atoms with Crippen molar-refractivity contribution in [2.24, 2.45) is 0 Å². The van der Waals surface area contributed by atoms with E-state index in [9.17, 15) is 14.4 Å². The summed E-state index contributed by atoms with van der Waals surface area (Å²) in [6, 6.07) is 14.4. The van der Waals surface area contributed by atoms with E-state index in [1.807, 2.05) is 48.5 Å². The van der Waals surface area contributed by atoms with Gasteiger partial charge in [0, 0.05) is 18.8 Å². The van der Waals surface area contributed by atoms with E-state index in [1.165, 1.54) is 0 Å². The third-order valence-corrected chi connectivity index (χ3v) is 5.93. The highest BCUT2D eigenvalue weighted by molar-refractivity contribution is 5.93. The van der Waals surface area contributed by atoms with E-state index in [0.717, 1.165) is 16.7 Å². The molecule has 2 aromatic carbocycles. The maximum atomic E-state index is 13.6. The number of alkyl carbamates (subject to hydrolysis) is 1. The molecule has 4 N–H and O–H groups in total. The number of nitrogens with zero attached hydrogens (tertiary/aromatic N) is 1. The number of rotatable bonds is 8. The lowest BCUT2D eigenvalue weighted by molar-refractivity contribution is -0.140. The Hall–Kier alpha value is -3.59. The molecule has 0 saturated carbocycles. The number of nitrogens with one attached hydrogen (secondary N) is 2. The zero-order chi connectivity index (χ0) is 27.2. The Balaban J connectivity index is 1.72. The van der Waals surface area contributed by atoms with Crippen molar-refractivity contribution in [2.45, 2.75) is 71.4 Å². The van der Waals surface area contributed by atoms with Crippen LogP contribution in [0.2, 0.25) is 0 Å². The molecule has 0 fully saturated rings. The lowest BCUT2D eigenvalue weighted by atomic mass is 9.98. The number of carbonyl (C=O) groups is 3. The molecule has 0 spiro atoms. The van der Waals surface area contributed by atoms with Crippen molar-refractivity contribution in [3.05, 3.63) is 65.2 Å². The fourth-order valence-electron chi connectivity index (χ4n) is 3.98. The summed E-state index contributed by atoms with van der Waals surface area (Å²) < 4.78 is 11.1. The molecule has 0 aliphatic carbocycles. The molecule has 3 amide bonds. The minimum Gasteiger partial charge on any atom is -0.444 e. The van der Waals surface area contributed by atoms with Crippen LogP contribution in [0.3, 0.4) is 0 Å². The lowest BCUT2D eigenvalue weighted by Gasteiger charge is -2.34. The molecule has 1 aliphatic heterocycles. The second kappa shape index (κ2) is 11.6. The highest BCUT2D eigenvalue weighted by atomic mass is 16.6. The molecular weight excluding hydrogens is 472 g/mol. The number of hydrogen-bond donors (Lipinski definition) is 3. The average molecular weight is 511 g/mol. The first-order valence-corrected chi connectivity index (χ1v) is 12.4. The molecule has 0 aromatic heterocycles. The second-order valence-electron chi connectivity index (χ2n) is 10.8. The van der Waals surface area contributed by atoms with Gasteiger partial charge in [0.1, 0.15) is 17.2 Å². The molecule has 37 heavy (non-hydrogen) atoms. The quantitative estimate of drug-likeness (QED) is 0.469. The van der Waals surface area contributed by atoms with Crippen molar-refractivity contribution >= 4 is 23.6 Å². The Morgan fingerprint density at radius 1 is 1.03 bits per heavy atom. The number of benzene rings is 2. The zero-order valence-corrected chi connectivity index (χ0v) is 22.3. The van der Waals surface area contributed by atoms with Crippen molar-refractivity contribution in [1.29, 1.82) is 0 Å². The number of fused-ring (bicyclic) bond motifs is 1. The van der Waals surface area contributed by atoms with Gasteiger partial charge in [-0.3, -0.25) is 9.59 Å². The van der Waals surface area contributed by atoms with E-state index >= 15 is 0 Å². The summed E-state index contributed by atoms with van der Waals surface area (Å²) in [5.74, 6) is -0.788. The monoisotopic (exact) mass is 510 g/mol. The minimum absolute atomic E-state index is 0.0255. The van der Waals surface area contributed by atoms with Gasteiger partial charge in [0.25, 0.3) is 0 Å². The normalized spacial score (nSPS) is 14.4. The van der Waals surface area contributed by atoms with Crippen LogP contribution in [-0.2, 0) is 38.6 Å². The topological polar surface area (TPSA) is 123 Å². The molecule has 9 heteroatoms. The van der Waals surface area contributed by atoms with Crippen LogP contribution in [0.25, 0.3) is 0 Å². The first-order valence-electron chi connectivity index (χ1n) is 12.4. The summed E-state index contributed by atoms with van der Waals surface area (Å²) in [4.78, 5) is 40.8. The second-order valence-corrected chi connectivity index (χ2v) is 10.8. The number of amides is 3. The van der Waals surface area contributed by atoms with Gasteiger partial charge in [0.2, 0.25) is 11.8 Å². The number of ether oxygens (including phenoxy) is 2. The SMILES string of the molecule is CC(C)(C)OC(=O)NC(C)(C)C(=O)NC(COCc1ccccc1)C(=O)N1CCc2ccc(N)cc2C1. The van der Waals surface area contributed by atoms with E-state index in [2.05, 4.69) is 10.6 Å². The summed E-state index contributed by atoms with van der Waals surface area (Å²) in [6.07, 6.45) is -0.0282. The summed E-state index contributed by atoms with van der Waals surface area (Å²) in [5.41, 5.74) is 7.64. The molecule has 1 unspecified atom stereocenters. The van der Waals surface area contributed by atoms with Gasteiger partial charge in [0.05, 0.1) is 13.2 Å². The summed E-state index contributed by atoms with van der Waals surface area (Å²) in [5, 5.41) is 5.38. The van der Waals surface area contributed by atoms with Crippen LogP contribution in [-0.4, -0.2) is 53.1 Å². The molecule has 0 bridgehead atoms. The Labute approximate surface area is 218 Å². The molecule has 9 nitrogen and oxygen atoms in total. The van der Waals surface area contributed by atoms with Crippen molar-refractivity contribution in [3.8, 4) is 0 Å². The zero-order valence-electron chi connectivity index (χ0n) is 22.3. The molecule has 0 radical (unpaired) electrons. The Morgan fingerprint density at radius 2 is 1.73 bits per heavy atom. The Kier molecular flexibility index (Phi) is 8.81. The third-order valence-electron chi connectivity index (χ3n) is 5.93. The summed E-state index contributed by atoms with van der Waals surface area (Å²) in [7, 11) is 0. The van der Waals surface area contributed by atoms with Crippen LogP contribution in [0, 0.1) is 0 Å². The van der Waals surface area contributed by atoms with Crippen LogP contribution in [0.5, 0.6) is 0 Å². The highest BCUT2D eigenvalue weighted by Gasteiger charge is 2.36. The number of hydrogen-bond acceptors (Lipinski definition) is 6. The van der Waals surface area contributed by atoms with E-state index in [1.54, 1.807) is 39.5 Å². The molecule has 1 atom stereocenters. The van der Waals surface area contributed by atoms with Gasteiger partial charge in [-0.05, 0) is 69.9 Å².